The van der Waals surface area contributed by atoms with Crippen molar-refractivity contribution in [1.29, 1.82) is 0 Å². The van der Waals surface area contributed by atoms with Gasteiger partial charge in [-0.3, -0.25) is 0 Å². The Morgan fingerprint density at radius 1 is 1.00 bits per heavy atom. The highest BCUT2D eigenvalue weighted by Gasteiger charge is 2.20. The fraction of sp³-hybridized carbons (Fsp3) is 0.650. The van der Waals surface area contributed by atoms with Crippen LogP contribution in [-0.2, 0) is 9.53 Å². The smallest absolute Gasteiger partial charge is 0.328 e. The number of rotatable bonds is 10. The molecule has 4 nitrogen and oxygen atoms in total. The van der Waals surface area contributed by atoms with Gasteiger partial charge in [-0.1, -0.05) is 62.5 Å². The highest BCUT2D eigenvalue weighted by Crippen LogP contribution is 2.19. The van der Waals surface area contributed by atoms with Gasteiger partial charge in [-0.2, -0.15) is 0 Å². The van der Waals surface area contributed by atoms with Crippen molar-refractivity contribution in [3.8, 4) is 0 Å². The maximum Gasteiger partial charge on any atom is 0.328 e. The predicted octanol–water partition coefficient (Wildman–Crippen LogP) is 4.40. The summed E-state index contributed by atoms with van der Waals surface area (Å²) in [4.78, 5) is 10.3. The van der Waals surface area contributed by atoms with E-state index in [0.717, 1.165) is 57.6 Å². The number of ether oxygens (including phenoxy) is 1. The molecule has 1 saturated heterocycles. The Balaban J connectivity index is 2.00. The Kier molecular flexibility index (Phi) is 12.0. The summed E-state index contributed by atoms with van der Waals surface area (Å²) >= 11 is 0. The highest BCUT2D eigenvalue weighted by molar-refractivity contribution is 5.80. The lowest BCUT2D eigenvalue weighted by Crippen LogP contribution is -2.30. The fourth-order valence-corrected chi connectivity index (χ4v) is 2.84. The van der Waals surface area contributed by atoms with Crippen molar-refractivity contribution in [2.24, 2.45) is 0 Å². The molecule has 0 saturated carbocycles. The summed E-state index contributed by atoms with van der Waals surface area (Å²) in [5.74, 6) is -0.930. The fourth-order valence-electron chi connectivity index (χ4n) is 2.84. The van der Waals surface area contributed by atoms with Gasteiger partial charge in [0.1, 0.15) is 0 Å². The van der Waals surface area contributed by atoms with E-state index >= 15 is 0 Å². The molecule has 0 bridgehead atoms. The molecule has 0 amide bonds. The molecule has 4 heteroatoms. The molecule has 0 radical (unpaired) electrons. The van der Waals surface area contributed by atoms with Crippen LogP contribution in [0.5, 0.6) is 0 Å². The number of hydrogen-bond acceptors (Lipinski definition) is 3. The van der Waals surface area contributed by atoms with Crippen LogP contribution in [0.25, 0.3) is 0 Å². The highest BCUT2D eigenvalue weighted by atomic mass is 16.5. The van der Waals surface area contributed by atoms with Gasteiger partial charge in [0.25, 0.3) is 0 Å². The van der Waals surface area contributed by atoms with Crippen molar-refractivity contribution in [2.75, 3.05) is 6.61 Å². The van der Waals surface area contributed by atoms with Crippen LogP contribution in [0.3, 0.4) is 0 Å². The van der Waals surface area contributed by atoms with E-state index in [4.69, 9.17) is 9.84 Å². The number of aliphatic carboxylic acids is 1. The molecule has 0 spiro atoms. The minimum Gasteiger partial charge on any atom is -0.478 e. The predicted molar refractivity (Wildman–Crippen MR) is 97.0 cm³/mol. The molecule has 0 aliphatic carbocycles. The number of carboxylic acid groups (broad SMARTS) is 1. The average molecular weight is 336 g/mol. The zero-order valence-corrected chi connectivity index (χ0v) is 14.6. The summed E-state index contributed by atoms with van der Waals surface area (Å²) < 4.78 is 5.79. The van der Waals surface area contributed by atoms with Crippen molar-refractivity contribution in [2.45, 2.75) is 76.4 Å². The van der Waals surface area contributed by atoms with Crippen LogP contribution in [0.15, 0.2) is 36.5 Å². The van der Waals surface area contributed by atoms with Gasteiger partial charge in [0.2, 0.25) is 0 Å². The number of aliphatic hydroxyl groups is 1. The molecule has 2 N–H and O–H groups in total. The number of carboxylic acids is 1. The minimum absolute atomic E-state index is 0.0363. The molecular weight excluding hydrogens is 304 g/mol. The summed E-state index contributed by atoms with van der Waals surface area (Å²) in [5, 5.41) is 18.5. The lowest BCUT2D eigenvalue weighted by Gasteiger charge is -2.25. The quantitative estimate of drug-likeness (QED) is 0.352. The van der Waals surface area contributed by atoms with Crippen LogP contribution in [0, 0.1) is 0 Å². The molecule has 2 atom stereocenters. The van der Waals surface area contributed by atoms with Crippen molar-refractivity contribution >= 4 is 5.97 Å². The molecule has 24 heavy (non-hydrogen) atoms. The molecule has 1 rings (SSSR count). The van der Waals surface area contributed by atoms with Crippen LogP contribution in [0.4, 0.5) is 0 Å². The standard InChI is InChI=1S/C20H32O4/c21-18-14-10-9-13-17-24-19(18)15-11-7-5-3-1-2-4-6-8-12-16-20(22)23/h2,4,6,8,12,16,18-19,21H,1,3,5,7,9-11,13-15,17H2,(H,22,23). The summed E-state index contributed by atoms with van der Waals surface area (Å²) in [6.45, 7) is 0.793. The van der Waals surface area contributed by atoms with Gasteiger partial charge in [-0.15, -0.1) is 0 Å². The first-order valence-electron chi connectivity index (χ1n) is 9.22. The molecule has 1 aliphatic heterocycles. The molecule has 1 aliphatic rings. The second-order valence-corrected chi connectivity index (χ2v) is 6.33. The molecule has 136 valence electrons. The van der Waals surface area contributed by atoms with Gasteiger partial charge in [-0.25, -0.2) is 4.79 Å². The summed E-state index contributed by atoms with van der Waals surface area (Å²) in [6.07, 6.45) is 20.9. The Morgan fingerprint density at radius 3 is 2.62 bits per heavy atom. The van der Waals surface area contributed by atoms with Gasteiger partial charge < -0.3 is 14.9 Å². The largest absolute Gasteiger partial charge is 0.478 e. The molecule has 2 unspecified atom stereocenters. The SMILES string of the molecule is O=C(O)C=CC=CC=CCCCCCCC1OCCCCCC1O. The third-order valence-electron chi connectivity index (χ3n) is 4.22. The first-order valence-corrected chi connectivity index (χ1v) is 9.22. The summed E-state index contributed by atoms with van der Waals surface area (Å²) in [5.41, 5.74) is 0. The van der Waals surface area contributed by atoms with E-state index < -0.39 is 5.97 Å². The minimum atomic E-state index is -0.930. The Labute approximate surface area is 145 Å². The van der Waals surface area contributed by atoms with Crippen LogP contribution in [-0.4, -0.2) is 35.0 Å². The maximum absolute atomic E-state index is 10.3. The van der Waals surface area contributed by atoms with Crippen LogP contribution < -0.4 is 0 Å². The molecule has 0 aromatic rings. The molecule has 0 aromatic carbocycles. The van der Waals surface area contributed by atoms with Crippen molar-refractivity contribution in [1.82, 2.24) is 0 Å². The average Bonchev–Trinajstić information content (AvgIpc) is 2.54. The second-order valence-electron chi connectivity index (χ2n) is 6.33. The van der Waals surface area contributed by atoms with E-state index in [2.05, 4.69) is 6.08 Å². The molecular formula is C20H32O4. The van der Waals surface area contributed by atoms with Gasteiger partial charge >= 0.3 is 5.97 Å². The first kappa shape index (κ1) is 20.7. The van der Waals surface area contributed by atoms with Gasteiger partial charge in [0.15, 0.2) is 0 Å². The topological polar surface area (TPSA) is 66.8 Å². The zero-order valence-electron chi connectivity index (χ0n) is 14.6. The van der Waals surface area contributed by atoms with E-state index in [1.165, 1.54) is 25.3 Å². The van der Waals surface area contributed by atoms with Crippen LogP contribution >= 0.6 is 0 Å². The molecule has 0 aromatic heterocycles. The number of hydrogen-bond donors (Lipinski definition) is 2. The van der Waals surface area contributed by atoms with E-state index in [1.807, 2.05) is 12.2 Å². The molecule has 1 heterocycles. The summed E-state index contributed by atoms with van der Waals surface area (Å²) in [6, 6.07) is 0. The second kappa shape index (κ2) is 14.0. The Morgan fingerprint density at radius 2 is 1.79 bits per heavy atom. The van der Waals surface area contributed by atoms with Crippen molar-refractivity contribution < 1.29 is 19.7 Å². The lowest BCUT2D eigenvalue weighted by atomic mass is 9.99. The number of carbonyl (C=O) groups is 1. The first-order chi connectivity index (χ1) is 11.7. The zero-order chi connectivity index (χ0) is 17.5. The third-order valence-corrected chi connectivity index (χ3v) is 4.22. The van der Waals surface area contributed by atoms with Gasteiger partial charge in [-0.05, 0) is 32.1 Å². The third kappa shape index (κ3) is 11.2. The van der Waals surface area contributed by atoms with E-state index in [1.54, 1.807) is 6.08 Å². The summed E-state index contributed by atoms with van der Waals surface area (Å²) in [7, 11) is 0. The number of allylic oxidation sites excluding steroid dienone is 5. The van der Waals surface area contributed by atoms with E-state index in [-0.39, 0.29) is 12.2 Å². The van der Waals surface area contributed by atoms with E-state index in [9.17, 15) is 9.90 Å². The number of aliphatic hydroxyl groups excluding tert-OH is 1. The van der Waals surface area contributed by atoms with Crippen molar-refractivity contribution in [3.05, 3.63) is 36.5 Å². The maximum atomic E-state index is 10.3. The monoisotopic (exact) mass is 336 g/mol. The van der Waals surface area contributed by atoms with E-state index in [0.29, 0.717) is 0 Å². The van der Waals surface area contributed by atoms with Gasteiger partial charge in [0, 0.05) is 12.7 Å². The van der Waals surface area contributed by atoms with Crippen molar-refractivity contribution in [3.63, 3.8) is 0 Å². The normalized spacial score (nSPS) is 23.0. The lowest BCUT2D eigenvalue weighted by molar-refractivity contribution is -0.131. The number of unbranched alkanes of at least 4 members (excludes halogenated alkanes) is 4. The molecule has 1 fully saturated rings. The van der Waals surface area contributed by atoms with Crippen LogP contribution in [0.1, 0.15) is 64.2 Å². The Hall–Kier alpha value is -1.39. The van der Waals surface area contributed by atoms with Gasteiger partial charge in [0.05, 0.1) is 12.2 Å². The van der Waals surface area contributed by atoms with Crippen LogP contribution in [0.2, 0.25) is 0 Å². The Bertz CT molecular complexity index is 412.